The van der Waals surface area contributed by atoms with Gasteiger partial charge in [0.15, 0.2) is 0 Å². The first-order valence-electron chi connectivity index (χ1n) is 3.88. The zero-order chi connectivity index (χ0) is 10.3. The van der Waals surface area contributed by atoms with Gasteiger partial charge in [-0.2, -0.15) is 0 Å². The summed E-state index contributed by atoms with van der Waals surface area (Å²) in [6, 6.07) is -0.354. The maximum absolute atomic E-state index is 10.2. The minimum absolute atomic E-state index is 0.354. The van der Waals surface area contributed by atoms with Crippen molar-refractivity contribution in [3.05, 3.63) is 36.6 Å². The number of rotatable bonds is 5. The molecule has 2 N–H and O–H groups in total. The van der Waals surface area contributed by atoms with Crippen molar-refractivity contribution >= 4 is 12.5 Å². The lowest BCUT2D eigenvalue weighted by molar-refractivity contribution is -0.108. The van der Waals surface area contributed by atoms with E-state index in [0.717, 1.165) is 6.29 Å². The minimum Gasteiger partial charge on any atom is -0.398 e. The van der Waals surface area contributed by atoms with Crippen molar-refractivity contribution in [1.29, 1.82) is 0 Å². The summed E-state index contributed by atoms with van der Waals surface area (Å²) in [5.41, 5.74) is 6.73. The molecule has 0 saturated heterocycles. The van der Waals surface area contributed by atoms with E-state index >= 15 is 0 Å². The van der Waals surface area contributed by atoms with Gasteiger partial charge < -0.3 is 10.5 Å². The molecule has 0 aromatic rings. The molecule has 0 aliphatic heterocycles. The fraction of sp³-hybridized carbons (Fsp3) is 0.200. The van der Waals surface area contributed by atoms with Crippen molar-refractivity contribution in [1.82, 2.24) is 0 Å². The van der Waals surface area contributed by atoms with Crippen LogP contribution in [0.1, 0.15) is 6.92 Å². The van der Waals surface area contributed by atoms with Crippen LogP contribution >= 0.6 is 0 Å². The highest BCUT2D eigenvalue weighted by molar-refractivity contribution is 5.84. The highest BCUT2D eigenvalue weighted by atomic mass is 16.1. The molecule has 3 heteroatoms. The van der Waals surface area contributed by atoms with Gasteiger partial charge in [0.25, 0.3) is 0 Å². The second-order valence-corrected chi connectivity index (χ2v) is 2.47. The fourth-order valence-electron chi connectivity index (χ4n) is 0.596. The second kappa shape index (κ2) is 5.94. The molecular formula is C10H14N2O. The lowest BCUT2D eigenvalue weighted by atomic mass is 10.2. The van der Waals surface area contributed by atoms with E-state index in [9.17, 15) is 4.79 Å². The van der Waals surface area contributed by atoms with Gasteiger partial charge in [0.1, 0.15) is 12.3 Å². The van der Waals surface area contributed by atoms with E-state index in [0.29, 0.717) is 11.3 Å². The van der Waals surface area contributed by atoms with E-state index in [4.69, 9.17) is 5.73 Å². The van der Waals surface area contributed by atoms with Crippen molar-refractivity contribution in [3.63, 3.8) is 0 Å². The number of hydrogen-bond acceptors (Lipinski definition) is 3. The third kappa shape index (κ3) is 4.06. The van der Waals surface area contributed by atoms with Crippen molar-refractivity contribution in [2.75, 3.05) is 0 Å². The first-order chi connectivity index (χ1) is 6.15. The van der Waals surface area contributed by atoms with Crippen LogP contribution in [-0.4, -0.2) is 18.5 Å². The smallest absolute Gasteiger partial charge is 0.144 e. The molecule has 0 rings (SSSR count). The summed E-state index contributed by atoms with van der Waals surface area (Å²) in [7, 11) is 0. The van der Waals surface area contributed by atoms with E-state index in [1.54, 1.807) is 13.0 Å². The molecule has 0 amide bonds. The first-order valence-corrected chi connectivity index (χ1v) is 3.88. The van der Waals surface area contributed by atoms with E-state index in [1.807, 2.05) is 0 Å². The van der Waals surface area contributed by atoms with Crippen LogP contribution in [-0.2, 0) is 4.79 Å². The molecule has 0 heterocycles. The Kier molecular flexibility index (Phi) is 5.19. The third-order valence-corrected chi connectivity index (χ3v) is 1.42. The van der Waals surface area contributed by atoms with Crippen LogP contribution in [0.5, 0.6) is 0 Å². The summed E-state index contributed by atoms with van der Waals surface area (Å²) < 4.78 is 0. The molecule has 1 atom stereocenters. The molecule has 0 aliphatic rings. The van der Waals surface area contributed by atoms with Crippen LogP contribution < -0.4 is 5.73 Å². The molecule has 13 heavy (non-hydrogen) atoms. The molecule has 0 aliphatic carbocycles. The van der Waals surface area contributed by atoms with Gasteiger partial charge in [-0.05, 0) is 13.0 Å². The summed E-state index contributed by atoms with van der Waals surface area (Å²) in [6.45, 7) is 8.77. The predicted octanol–water partition coefficient (Wildman–Crippen LogP) is 1.23. The van der Waals surface area contributed by atoms with Gasteiger partial charge in [-0.25, -0.2) is 0 Å². The van der Waals surface area contributed by atoms with Gasteiger partial charge in [-0.1, -0.05) is 19.2 Å². The largest absolute Gasteiger partial charge is 0.398 e. The van der Waals surface area contributed by atoms with Gasteiger partial charge in [0, 0.05) is 17.5 Å². The molecule has 0 saturated carbocycles. The average Bonchev–Trinajstić information content (AvgIpc) is 2.17. The topological polar surface area (TPSA) is 55.4 Å². The number of hydrogen-bond donors (Lipinski definition) is 1. The predicted molar refractivity (Wildman–Crippen MR) is 55.6 cm³/mol. The van der Waals surface area contributed by atoms with E-state index in [-0.39, 0.29) is 6.04 Å². The summed E-state index contributed by atoms with van der Waals surface area (Å²) >= 11 is 0. The van der Waals surface area contributed by atoms with Crippen molar-refractivity contribution < 1.29 is 4.79 Å². The molecule has 3 nitrogen and oxygen atoms in total. The Balaban J connectivity index is 4.64. The average molecular weight is 178 g/mol. The minimum atomic E-state index is -0.354. The van der Waals surface area contributed by atoms with Gasteiger partial charge >= 0.3 is 0 Å². The molecule has 0 aromatic carbocycles. The lowest BCUT2D eigenvalue weighted by Gasteiger charge is -1.98. The van der Waals surface area contributed by atoms with Crippen LogP contribution in [0.2, 0.25) is 0 Å². The number of nitrogens with zero attached hydrogens (tertiary/aromatic N) is 1. The van der Waals surface area contributed by atoms with E-state index in [2.05, 4.69) is 18.2 Å². The Bertz CT molecular complexity index is 264. The van der Waals surface area contributed by atoms with Gasteiger partial charge in [0.2, 0.25) is 0 Å². The molecule has 0 spiro atoms. The zero-order valence-corrected chi connectivity index (χ0v) is 7.73. The van der Waals surface area contributed by atoms with Crippen LogP contribution in [0.15, 0.2) is 41.6 Å². The highest BCUT2D eigenvalue weighted by Crippen LogP contribution is 1.98. The number of aliphatic imine (C=N–C) groups is 1. The van der Waals surface area contributed by atoms with Crippen LogP contribution in [0, 0.1) is 0 Å². The van der Waals surface area contributed by atoms with Crippen molar-refractivity contribution in [2.24, 2.45) is 10.7 Å². The Morgan fingerprint density at radius 1 is 1.46 bits per heavy atom. The van der Waals surface area contributed by atoms with Gasteiger partial charge in [-0.15, -0.1) is 0 Å². The normalized spacial score (nSPS) is 14.8. The first kappa shape index (κ1) is 11.4. The summed E-state index contributed by atoms with van der Waals surface area (Å²) in [6.07, 6.45) is 5.34. The summed E-state index contributed by atoms with van der Waals surface area (Å²) in [4.78, 5) is 14.2. The van der Waals surface area contributed by atoms with Crippen molar-refractivity contribution in [2.45, 2.75) is 13.0 Å². The summed E-state index contributed by atoms with van der Waals surface area (Å²) in [5.74, 6) is 0. The highest BCUT2D eigenvalue weighted by Gasteiger charge is 1.95. The standard InChI is InChI=1S/C10H14N2O/c1-4-9(10(11)5-2)6-12-8(3)7-13/h4-8H,1-2,11H2,3H3/b10-9-,12-6?. The SMILES string of the molecule is C=C/C(N)=C(\C=C)C=NC(C)C=O. The second-order valence-electron chi connectivity index (χ2n) is 2.47. The number of carbonyl (C=O) groups is 1. The monoisotopic (exact) mass is 178 g/mol. The van der Waals surface area contributed by atoms with E-state index in [1.165, 1.54) is 12.3 Å². The maximum atomic E-state index is 10.2. The van der Waals surface area contributed by atoms with Crippen molar-refractivity contribution in [3.8, 4) is 0 Å². The number of carbonyl (C=O) groups excluding carboxylic acids is 1. The Morgan fingerprint density at radius 3 is 2.46 bits per heavy atom. The molecule has 0 bridgehead atoms. The van der Waals surface area contributed by atoms with Gasteiger partial charge in [-0.3, -0.25) is 4.99 Å². The Hall–Kier alpha value is -1.64. The van der Waals surface area contributed by atoms with E-state index < -0.39 is 0 Å². The zero-order valence-electron chi connectivity index (χ0n) is 7.73. The Labute approximate surface area is 78.4 Å². The molecule has 0 radical (unpaired) electrons. The fourth-order valence-corrected chi connectivity index (χ4v) is 0.596. The Morgan fingerprint density at radius 2 is 2.08 bits per heavy atom. The van der Waals surface area contributed by atoms with Crippen LogP contribution in [0.3, 0.4) is 0 Å². The number of nitrogens with two attached hydrogens (primary N) is 1. The quantitative estimate of drug-likeness (QED) is 0.391. The molecule has 70 valence electrons. The maximum Gasteiger partial charge on any atom is 0.144 e. The molecule has 0 aromatic heterocycles. The van der Waals surface area contributed by atoms with Crippen LogP contribution in [0.25, 0.3) is 0 Å². The molecule has 1 unspecified atom stereocenters. The number of aldehydes is 1. The molecular weight excluding hydrogens is 164 g/mol. The number of allylic oxidation sites excluding steroid dienone is 3. The third-order valence-electron chi connectivity index (χ3n) is 1.42. The lowest BCUT2D eigenvalue weighted by Crippen LogP contribution is -2.02. The summed E-state index contributed by atoms with van der Waals surface area (Å²) in [5, 5.41) is 0. The molecule has 0 fully saturated rings. The van der Waals surface area contributed by atoms with Gasteiger partial charge in [0.05, 0.1) is 0 Å². The van der Waals surface area contributed by atoms with Crippen LogP contribution in [0.4, 0.5) is 0 Å².